The molecule has 8 heteroatoms. The molecule has 0 aliphatic carbocycles. The van der Waals surface area contributed by atoms with Crippen molar-refractivity contribution in [3.05, 3.63) is 39.4 Å². The van der Waals surface area contributed by atoms with Crippen molar-refractivity contribution in [3.8, 4) is 0 Å². The molecule has 1 aromatic heterocycles. The zero-order chi connectivity index (χ0) is 20.4. The molecule has 1 atom stereocenters. The zero-order valence-electron chi connectivity index (χ0n) is 16.9. The Kier molecular flexibility index (Phi) is 6.18. The summed E-state index contributed by atoms with van der Waals surface area (Å²) < 4.78 is 0. The number of aromatic amines is 1. The largest absolute Gasteiger partial charge is 0.339 e. The number of amides is 1. The van der Waals surface area contributed by atoms with Crippen LogP contribution >= 0.6 is 11.6 Å². The minimum Gasteiger partial charge on any atom is -0.339 e. The summed E-state index contributed by atoms with van der Waals surface area (Å²) in [5, 5.41) is 1.04. The summed E-state index contributed by atoms with van der Waals surface area (Å²) in [6, 6.07) is 5.54. The Hall–Kier alpha value is -1.96. The second-order valence-corrected chi connectivity index (χ2v) is 8.59. The number of carbonyl (C=O) groups excluding carboxylic acids is 1. The van der Waals surface area contributed by atoms with Crippen molar-refractivity contribution >= 4 is 28.4 Å². The minimum absolute atomic E-state index is 0.160. The second kappa shape index (κ2) is 8.81. The first-order chi connectivity index (χ1) is 14.0. The Morgan fingerprint density at radius 3 is 2.69 bits per heavy atom. The Bertz CT molecular complexity index is 938. The van der Waals surface area contributed by atoms with Gasteiger partial charge in [0.05, 0.1) is 24.0 Å². The van der Waals surface area contributed by atoms with Crippen molar-refractivity contribution in [3.63, 3.8) is 0 Å². The number of benzene rings is 1. The van der Waals surface area contributed by atoms with Gasteiger partial charge in [0.1, 0.15) is 5.82 Å². The highest BCUT2D eigenvalue weighted by molar-refractivity contribution is 6.31. The van der Waals surface area contributed by atoms with Gasteiger partial charge < -0.3 is 9.88 Å². The van der Waals surface area contributed by atoms with Crippen LogP contribution in [-0.2, 0) is 11.3 Å². The number of aromatic nitrogens is 2. The van der Waals surface area contributed by atoms with E-state index in [1.54, 1.807) is 18.2 Å². The van der Waals surface area contributed by atoms with Crippen molar-refractivity contribution in [1.29, 1.82) is 0 Å². The van der Waals surface area contributed by atoms with Crippen molar-refractivity contribution in [2.24, 2.45) is 0 Å². The van der Waals surface area contributed by atoms with E-state index in [1.165, 1.54) is 6.42 Å². The van der Waals surface area contributed by atoms with Crippen LogP contribution in [0.15, 0.2) is 23.0 Å². The third-order valence-corrected chi connectivity index (χ3v) is 6.27. The number of nitrogens with zero attached hydrogens (tertiary/aromatic N) is 4. The summed E-state index contributed by atoms with van der Waals surface area (Å²) in [4.78, 5) is 39.0. The van der Waals surface area contributed by atoms with Crippen molar-refractivity contribution < 1.29 is 4.79 Å². The Balaban J connectivity index is 1.32. The van der Waals surface area contributed by atoms with Gasteiger partial charge in [-0.05, 0) is 44.4 Å². The number of likely N-dealkylation sites (tertiary alicyclic amines) is 1. The van der Waals surface area contributed by atoms with Crippen LogP contribution in [0.4, 0.5) is 0 Å². The van der Waals surface area contributed by atoms with Gasteiger partial charge in [-0.15, -0.1) is 0 Å². The van der Waals surface area contributed by atoms with Gasteiger partial charge >= 0.3 is 0 Å². The summed E-state index contributed by atoms with van der Waals surface area (Å²) in [5.74, 6) is 0.918. The van der Waals surface area contributed by atoms with Crippen LogP contribution in [0, 0.1) is 0 Å². The van der Waals surface area contributed by atoms with E-state index >= 15 is 0 Å². The molecule has 0 saturated carbocycles. The normalized spacial score (nSPS) is 21.6. The van der Waals surface area contributed by atoms with E-state index in [4.69, 9.17) is 11.6 Å². The van der Waals surface area contributed by atoms with E-state index in [9.17, 15) is 9.59 Å². The number of halogens is 1. The smallest absolute Gasteiger partial charge is 0.258 e. The maximum Gasteiger partial charge on any atom is 0.258 e. The predicted octanol–water partition coefficient (Wildman–Crippen LogP) is 2.10. The summed E-state index contributed by atoms with van der Waals surface area (Å²) in [6.45, 7) is 7.55. The lowest BCUT2D eigenvalue weighted by Crippen LogP contribution is -2.52. The molecule has 2 saturated heterocycles. The van der Waals surface area contributed by atoms with Gasteiger partial charge in [0, 0.05) is 43.8 Å². The lowest BCUT2D eigenvalue weighted by molar-refractivity contribution is -0.136. The van der Waals surface area contributed by atoms with Crippen LogP contribution in [0.1, 0.15) is 32.0 Å². The van der Waals surface area contributed by atoms with E-state index in [0.717, 1.165) is 45.6 Å². The average Bonchev–Trinajstić information content (AvgIpc) is 2.70. The summed E-state index contributed by atoms with van der Waals surface area (Å²) >= 11 is 5.97. The molecule has 3 heterocycles. The number of hydrogen-bond acceptors (Lipinski definition) is 5. The van der Waals surface area contributed by atoms with Gasteiger partial charge in [-0.25, -0.2) is 4.98 Å². The molecule has 1 amide bonds. The van der Waals surface area contributed by atoms with Crippen LogP contribution in [0.3, 0.4) is 0 Å². The van der Waals surface area contributed by atoms with Crippen molar-refractivity contribution in [2.75, 3.05) is 39.3 Å². The number of H-pyrrole nitrogens is 1. The quantitative estimate of drug-likeness (QED) is 0.824. The molecule has 4 rings (SSSR count). The van der Waals surface area contributed by atoms with Crippen LogP contribution in [0.2, 0.25) is 5.02 Å². The maximum atomic E-state index is 12.6. The average molecular weight is 418 g/mol. The standard InChI is InChI=1S/C21H28ClN5O2/c1-15-4-2-3-7-27(15)20(28)14-26-10-8-25(9-11-26)13-19-23-18-6-5-16(22)12-17(18)21(29)24-19/h5-6,12,15H,2-4,7-11,13-14H2,1H3,(H,23,24,29)/t15-/m1/s1. The van der Waals surface area contributed by atoms with E-state index in [0.29, 0.717) is 40.9 Å². The summed E-state index contributed by atoms with van der Waals surface area (Å²) in [5.41, 5.74) is 0.500. The van der Waals surface area contributed by atoms with Gasteiger partial charge in [-0.1, -0.05) is 11.6 Å². The van der Waals surface area contributed by atoms with Crippen molar-refractivity contribution in [2.45, 2.75) is 38.8 Å². The molecular weight excluding hydrogens is 390 g/mol. The Labute approximate surface area is 175 Å². The van der Waals surface area contributed by atoms with Crippen LogP contribution in [0.25, 0.3) is 10.9 Å². The van der Waals surface area contributed by atoms with Gasteiger partial charge in [0.15, 0.2) is 0 Å². The molecule has 0 unspecified atom stereocenters. The Morgan fingerprint density at radius 1 is 1.17 bits per heavy atom. The summed E-state index contributed by atoms with van der Waals surface area (Å²) in [6.07, 6.45) is 3.46. The second-order valence-electron chi connectivity index (χ2n) is 8.16. The van der Waals surface area contributed by atoms with Gasteiger partial charge in [-0.2, -0.15) is 0 Å². The van der Waals surface area contributed by atoms with Crippen LogP contribution in [0.5, 0.6) is 0 Å². The third kappa shape index (κ3) is 4.79. The van der Waals surface area contributed by atoms with E-state index < -0.39 is 0 Å². The maximum absolute atomic E-state index is 12.6. The molecule has 2 aliphatic heterocycles. The molecular formula is C21H28ClN5O2. The number of hydrogen-bond donors (Lipinski definition) is 1. The molecule has 2 fully saturated rings. The molecule has 0 radical (unpaired) electrons. The minimum atomic E-state index is -0.160. The number of piperazine rings is 1. The van der Waals surface area contributed by atoms with E-state index in [1.807, 2.05) is 4.90 Å². The fourth-order valence-corrected chi connectivity index (χ4v) is 4.47. The molecule has 29 heavy (non-hydrogen) atoms. The first-order valence-corrected chi connectivity index (χ1v) is 10.8. The van der Waals surface area contributed by atoms with E-state index in [2.05, 4.69) is 26.7 Å². The number of piperidine rings is 1. The predicted molar refractivity (Wildman–Crippen MR) is 114 cm³/mol. The topological polar surface area (TPSA) is 72.5 Å². The number of fused-ring (bicyclic) bond motifs is 1. The lowest BCUT2D eigenvalue weighted by Gasteiger charge is -2.37. The molecule has 156 valence electrons. The fraction of sp³-hybridized carbons (Fsp3) is 0.571. The van der Waals surface area contributed by atoms with Crippen LogP contribution < -0.4 is 5.56 Å². The SMILES string of the molecule is C[C@@H]1CCCCN1C(=O)CN1CCN(Cc2nc3ccc(Cl)cc3c(=O)[nH]2)CC1. The molecule has 7 nitrogen and oxygen atoms in total. The lowest BCUT2D eigenvalue weighted by atomic mass is 10.0. The highest BCUT2D eigenvalue weighted by atomic mass is 35.5. The van der Waals surface area contributed by atoms with Crippen LogP contribution in [-0.4, -0.2) is 75.9 Å². The number of rotatable bonds is 4. The molecule has 0 bridgehead atoms. The number of nitrogens with one attached hydrogen (secondary N) is 1. The van der Waals surface area contributed by atoms with Crippen molar-refractivity contribution in [1.82, 2.24) is 24.7 Å². The monoisotopic (exact) mass is 417 g/mol. The zero-order valence-corrected chi connectivity index (χ0v) is 17.6. The van der Waals surface area contributed by atoms with Gasteiger partial charge in [-0.3, -0.25) is 19.4 Å². The molecule has 2 aliphatic rings. The molecule has 0 spiro atoms. The molecule has 2 aromatic rings. The first kappa shape index (κ1) is 20.3. The third-order valence-electron chi connectivity index (χ3n) is 6.04. The first-order valence-electron chi connectivity index (χ1n) is 10.4. The summed E-state index contributed by atoms with van der Waals surface area (Å²) in [7, 11) is 0. The Morgan fingerprint density at radius 2 is 1.93 bits per heavy atom. The number of carbonyl (C=O) groups is 1. The molecule has 1 N–H and O–H groups in total. The highest BCUT2D eigenvalue weighted by Gasteiger charge is 2.26. The highest BCUT2D eigenvalue weighted by Crippen LogP contribution is 2.17. The van der Waals surface area contributed by atoms with E-state index in [-0.39, 0.29) is 11.5 Å². The van der Waals surface area contributed by atoms with Gasteiger partial charge in [0.25, 0.3) is 5.56 Å². The fourth-order valence-electron chi connectivity index (χ4n) is 4.30. The van der Waals surface area contributed by atoms with Gasteiger partial charge in [0.2, 0.25) is 5.91 Å². The molecule has 1 aromatic carbocycles.